The van der Waals surface area contributed by atoms with Crippen LogP contribution >= 0.6 is 0 Å². The van der Waals surface area contributed by atoms with Crippen molar-refractivity contribution in [1.29, 1.82) is 0 Å². The molecule has 110 valence electrons. The van der Waals surface area contributed by atoms with Gasteiger partial charge in [-0.15, -0.1) is 0 Å². The van der Waals surface area contributed by atoms with Gasteiger partial charge in [0.05, 0.1) is 23.3 Å². The van der Waals surface area contributed by atoms with E-state index in [1.165, 1.54) is 6.07 Å². The van der Waals surface area contributed by atoms with E-state index in [0.29, 0.717) is 6.61 Å². The normalized spacial score (nSPS) is 20.2. The van der Waals surface area contributed by atoms with Crippen LogP contribution in [-0.2, 0) is 9.31 Å². The van der Waals surface area contributed by atoms with E-state index in [2.05, 4.69) is 0 Å². The first-order valence-corrected chi connectivity index (χ1v) is 6.66. The van der Waals surface area contributed by atoms with Gasteiger partial charge in [-0.3, -0.25) is 0 Å². The van der Waals surface area contributed by atoms with Crippen molar-refractivity contribution in [3.8, 4) is 5.75 Å². The Bertz CT molecular complexity index is 501. The fraction of sp³-hybridized carbons (Fsp3) is 0.571. The Balaban J connectivity index is 2.42. The number of ether oxygens (including phenoxy) is 1. The lowest BCUT2D eigenvalue weighted by atomic mass is 9.78. The number of rotatable bonds is 3. The third-order valence-corrected chi connectivity index (χ3v) is 3.88. The minimum Gasteiger partial charge on any atom is -0.491 e. The minimum atomic E-state index is -1.08. The molecule has 3 nitrogen and oxygen atoms in total. The Kier molecular flexibility index (Phi) is 3.82. The molecule has 1 aromatic carbocycles. The van der Waals surface area contributed by atoms with Gasteiger partial charge in [-0.05, 0) is 46.8 Å². The minimum absolute atomic E-state index is 0.00128. The second-order valence-electron chi connectivity index (χ2n) is 5.79. The molecular weight excluding hydrogens is 265 g/mol. The summed E-state index contributed by atoms with van der Waals surface area (Å²) in [5.74, 6) is -1.48. The van der Waals surface area contributed by atoms with Gasteiger partial charge >= 0.3 is 7.12 Å². The van der Waals surface area contributed by atoms with E-state index in [1.54, 1.807) is 6.92 Å². The Morgan fingerprint density at radius 1 is 1.10 bits per heavy atom. The average molecular weight is 284 g/mol. The molecule has 0 N–H and O–H groups in total. The van der Waals surface area contributed by atoms with Crippen LogP contribution in [0, 0.1) is 11.6 Å². The second-order valence-corrected chi connectivity index (χ2v) is 5.79. The number of benzene rings is 1. The van der Waals surface area contributed by atoms with Crippen LogP contribution in [-0.4, -0.2) is 24.9 Å². The third kappa shape index (κ3) is 2.42. The molecule has 1 aromatic rings. The Labute approximate surface area is 118 Å². The molecule has 1 saturated heterocycles. The van der Waals surface area contributed by atoms with Crippen molar-refractivity contribution in [2.45, 2.75) is 45.8 Å². The van der Waals surface area contributed by atoms with Crippen LogP contribution in [0.4, 0.5) is 8.78 Å². The summed E-state index contributed by atoms with van der Waals surface area (Å²) in [6, 6.07) is 2.43. The molecule has 1 heterocycles. The third-order valence-electron chi connectivity index (χ3n) is 3.88. The zero-order valence-corrected chi connectivity index (χ0v) is 12.4. The molecule has 0 aliphatic carbocycles. The molecule has 0 amide bonds. The van der Waals surface area contributed by atoms with Gasteiger partial charge in [-0.1, -0.05) is 0 Å². The van der Waals surface area contributed by atoms with Crippen molar-refractivity contribution in [3.63, 3.8) is 0 Å². The maximum Gasteiger partial charge on any atom is 0.501 e. The molecule has 0 spiro atoms. The zero-order chi connectivity index (χ0) is 15.1. The number of halogens is 2. The fourth-order valence-electron chi connectivity index (χ4n) is 1.99. The molecule has 20 heavy (non-hydrogen) atoms. The molecule has 0 unspecified atom stereocenters. The van der Waals surface area contributed by atoms with E-state index in [1.807, 2.05) is 27.7 Å². The van der Waals surface area contributed by atoms with Crippen molar-refractivity contribution >= 4 is 12.6 Å². The van der Waals surface area contributed by atoms with Gasteiger partial charge in [0.2, 0.25) is 0 Å². The smallest absolute Gasteiger partial charge is 0.491 e. The summed E-state index contributed by atoms with van der Waals surface area (Å²) in [6.45, 7) is 9.34. The zero-order valence-electron chi connectivity index (χ0n) is 12.4. The van der Waals surface area contributed by atoms with E-state index in [9.17, 15) is 8.78 Å². The van der Waals surface area contributed by atoms with Crippen molar-refractivity contribution < 1.29 is 22.8 Å². The largest absolute Gasteiger partial charge is 0.501 e. The summed E-state index contributed by atoms with van der Waals surface area (Å²) in [7, 11) is -1.08. The highest BCUT2D eigenvalue weighted by Crippen LogP contribution is 2.37. The van der Waals surface area contributed by atoms with Gasteiger partial charge in [0.15, 0.2) is 11.6 Å². The molecule has 6 heteroatoms. The Morgan fingerprint density at radius 3 is 2.15 bits per heavy atom. The maximum atomic E-state index is 14.4. The monoisotopic (exact) mass is 284 g/mol. The standard InChI is InChI=1S/C14H19BF2O3/c1-6-18-10-8-7-9(16)11(12(10)17)15-19-13(2,3)14(4,5)20-15/h7-8H,6H2,1-5H3. The molecule has 0 radical (unpaired) electrons. The van der Waals surface area contributed by atoms with Crippen molar-refractivity contribution in [3.05, 3.63) is 23.8 Å². The molecule has 0 saturated carbocycles. The number of hydrogen-bond acceptors (Lipinski definition) is 3. The summed E-state index contributed by atoms with van der Waals surface area (Å²) in [4.78, 5) is 0. The van der Waals surface area contributed by atoms with E-state index < -0.39 is 30.0 Å². The van der Waals surface area contributed by atoms with Crippen LogP contribution in [0.15, 0.2) is 12.1 Å². The first kappa shape index (κ1) is 15.3. The Morgan fingerprint density at radius 2 is 1.65 bits per heavy atom. The van der Waals surface area contributed by atoms with E-state index in [4.69, 9.17) is 14.0 Å². The molecule has 1 fully saturated rings. The summed E-state index contributed by atoms with van der Waals surface area (Å²) in [5.41, 5.74) is -1.55. The molecule has 2 rings (SSSR count). The lowest BCUT2D eigenvalue weighted by Gasteiger charge is -2.32. The van der Waals surface area contributed by atoms with Crippen LogP contribution in [0.3, 0.4) is 0 Å². The highest BCUT2D eigenvalue weighted by atomic mass is 19.1. The van der Waals surface area contributed by atoms with Gasteiger partial charge in [-0.2, -0.15) is 0 Å². The van der Waals surface area contributed by atoms with Crippen LogP contribution < -0.4 is 10.2 Å². The van der Waals surface area contributed by atoms with E-state index in [0.717, 1.165) is 6.07 Å². The molecule has 0 aromatic heterocycles. The van der Waals surface area contributed by atoms with Crippen LogP contribution in [0.25, 0.3) is 0 Å². The Hall–Kier alpha value is -1.14. The van der Waals surface area contributed by atoms with E-state index in [-0.39, 0.29) is 11.2 Å². The predicted octanol–water partition coefficient (Wildman–Crippen LogP) is 2.66. The lowest BCUT2D eigenvalue weighted by Crippen LogP contribution is -2.41. The summed E-state index contributed by atoms with van der Waals surface area (Å²) >= 11 is 0. The average Bonchev–Trinajstić information content (AvgIpc) is 2.52. The van der Waals surface area contributed by atoms with Crippen LogP contribution in [0.5, 0.6) is 5.75 Å². The summed E-state index contributed by atoms with van der Waals surface area (Å²) in [5, 5.41) is 0. The van der Waals surface area contributed by atoms with Gasteiger partial charge in [0, 0.05) is 0 Å². The maximum absolute atomic E-state index is 14.4. The van der Waals surface area contributed by atoms with Gasteiger partial charge in [0.25, 0.3) is 0 Å². The second kappa shape index (κ2) is 5.00. The van der Waals surface area contributed by atoms with Crippen molar-refractivity contribution in [1.82, 2.24) is 0 Å². The highest BCUT2D eigenvalue weighted by Gasteiger charge is 2.53. The first-order chi connectivity index (χ1) is 9.19. The molecule has 1 aliphatic heterocycles. The molecular formula is C14H19BF2O3. The SMILES string of the molecule is CCOc1ccc(F)c(B2OC(C)(C)C(C)(C)O2)c1F. The first-order valence-electron chi connectivity index (χ1n) is 6.66. The quantitative estimate of drug-likeness (QED) is 0.799. The van der Waals surface area contributed by atoms with Crippen molar-refractivity contribution in [2.75, 3.05) is 6.61 Å². The predicted molar refractivity (Wildman–Crippen MR) is 73.2 cm³/mol. The topological polar surface area (TPSA) is 27.7 Å². The summed E-state index contributed by atoms with van der Waals surface area (Å²) < 4.78 is 44.8. The highest BCUT2D eigenvalue weighted by molar-refractivity contribution is 6.62. The number of hydrogen-bond donors (Lipinski definition) is 0. The van der Waals surface area contributed by atoms with Gasteiger partial charge in [-0.25, -0.2) is 8.78 Å². The molecule has 0 atom stereocenters. The van der Waals surface area contributed by atoms with Gasteiger partial charge in [0.1, 0.15) is 5.82 Å². The van der Waals surface area contributed by atoms with Gasteiger partial charge < -0.3 is 14.0 Å². The van der Waals surface area contributed by atoms with Crippen LogP contribution in [0.1, 0.15) is 34.6 Å². The summed E-state index contributed by atoms with van der Waals surface area (Å²) in [6.07, 6.45) is 0. The fourth-order valence-corrected chi connectivity index (χ4v) is 1.99. The molecule has 1 aliphatic rings. The van der Waals surface area contributed by atoms with E-state index >= 15 is 0 Å². The molecule has 0 bridgehead atoms. The van der Waals surface area contributed by atoms with Crippen LogP contribution in [0.2, 0.25) is 0 Å². The van der Waals surface area contributed by atoms with Crippen molar-refractivity contribution in [2.24, 2.45) is 0 Å². The lowest BCUT2D eigenvalue weighted by molar-refractivity contribution is 0.00578.